The number of ketones is 1. The normalized spacial score (nSPS) is 11.1. The zero-order chi connectivity index (χ0) is 23.5. The lowest BCUT2D eigenvalue weighted by molar-refractivity contribution is -0.114. The molecule has 0 bridgehead atoms. The van der Waals surface area contributed by atoms with Crippen molar-refractivity contribution < 1.29 is 18.0 Å². The first-order valence-electron chi connectivity index (χ1n) is 9.50. The Morgan fingerprint density at radius 3 is 2.31 bits per heavy atom. The van der Waals surface area contributed by atoms with Crippen molar-refractivity contribution in [1.82, 2.24) is 0 Å². The molecule has 1 amide bonds. The summed E-state index contributed by atoms with van der Waals surface area (Å²) in [5.74, 6) is -0.951. The maximum absolute atomic E-state index is 13.0. The maximum atomic E-state index is 13.0. The van der Waals surface area contributed by atoms with Crippen molar-refractivity contribution in [3.8, 4) is 0 Å². The number of amides is 1. The third-order valence-corrected chi connectivity index (χ3v) is 6.50. The molecule has 0 atom stereocenters. The molecular formula is C23H20Cl2N2O4S. The summed E-state index contributed by atoms with van der Waals surface area (Å²) in [6.07, 6.45) is 1.01. The van der Waals surface area contributed by atoms with Gasteiger partial charge >= 0.3 is 0 Å². The Hall–Kier alpha value is -2.87. The number of hydrogen-bond donors (Lipinski definition) is 1. The second-order valence-corrected chi connectivity index (χ2v) is 9.84. The van der Waals surface area contributed by atoms with E-state index in [0.29, 0.717) is 26.9 Å². The van der Waals surface area contributed by atoms with E-state index < -0.39 is 22.5 Å². The predicted octanol–water partition coefficient (Wildman–Crippen LogP) is 4.94. The van der Waals surface area contributed by atoms with Gasteiger partial charge in [-0.1, -0.05) is 59.6 Å². The van der Waals surface area contributed by atoms with Crippen molar-refractivity contribution in [3.05, 3.63) is 93.5 Å². The van der Waals surface area contributed by atoms with Gasteiger partial charge in [-0.3, -0.25) is 13.9 Å². The molecular weight excluding hydrogens is 471 g/mol. The lowest BCUT2D eigenvalue weighted by Gasteiger charge is -2.24. The number of nitrogens with zero attached hydrogens (tertiary/aromatic N) is 1. The maximum Gasteiger partial charge on any atom is 0.245 e. The zero-order valence-electron chi connectivity index (χ0n) is 17.3. The van der Waals surface area contributed by atoms with Crippen LogP contribution in [0.4, 0.5) is 11.4 Å². The topological polar surface area (TPSA) is 83.6 Å². The molecule has 0 aliphatic carbocycles. The van der Waals surface area contributed by atoms with Crippen LogP contribution in [0.5, 0.6) is 0 Å². The summed E-state index contributed by atoms with van der Waals surface area (Å²) < 4.78 is 25.8. The van der Waals surface area contributed by atoms with Crippen LogP contribution in [0, 0.1) is 6.92 Å². The summed E-state index contributed by atoms with van der Waals surface area (Å²) >= 11 is 12.2. The van der Waals surface area contributed by atoms with Crippen molar-refractivity contribution >= 4 is 56.3 Å². The molecule has 0 radical (unpaired) electrons. The first-order chi connectivity index (χ1) is 15.1. The minimum Gasteiger partial charge on any atom is -0.324 e. The Morgan fingerprint density at radius 1 is 0.969 bits per heavy atom. The van der Waals surface area contributed by atoms with Gasteiger partial charge in [0.15, 0.2) is 5.78 Å². The average Bonchev–Trinajstić information content (AvgIpc) is 2.75. The Bertz CT molecular complexity index is 1280. The van der Waals surface area contributed by atoms with E-state index in [4.69, 9.17) is 23.2 Å². The lowest BCUT2D eigenvalue weighted by atomic mass is 10.0. The van der Waals surface area contributed by atoms with Crippen LogP contribution in [-0.4, -0.2) is 32.9 Å². The van der Waals surface area contributed by atoms with Gasteiger partial charge in [0.1, 0.15) is 6.54 Å². The summed E-state index contributed by atoms with van der Waals surface area (Å²) in [7, 11) is -3.79. The number of sulfonamides is 1. The fourth-order valence-corrected chi connectivity index (χ4v) is 4.37. The highest BCUT2D eigenvalue weighted by Gasteiger charge is 2.24. The van der Waals surface area contributed by atoms with Gasteiger partial charge in [0.05, 0.1) is 17.6 Å². The molecule has 166 valence electrons. The minimum atomic E-state index is -3.79. The minimum absolute atomic E-state index is 0.196. The van der Waals surface area contributed by atoms with Crippen LogP contribution in [0.3, 0.4) is 0 Å². The predicted molar refractivity (Wildman–Crippen MR) is 128 cm³/mol. The van der Waals surface area contributed by atoms with Gasteiger partial charge in [-0.2, -0.15) is 0 Å². The van der Waals surface area contributed by atoms with Gasteiger partial charge in [-0.05, 0) is 42.8 Å². The van der Waals surface area contributed by atoms with Crippen LogP contribution in [-0.2, 0) is 14.8 Å². The summed E-state index contributed by atoms with van der Waals surface area (Å²) in [6, 6.07) is 17.9. The van der Waals surface area contributed by atoms with Crippen LogP contribution >= 0.6 is 23.2 Å². The SMILES string of the molecule is Cc1c(Cl)cccc1N(CC(=O)Nc1ccc(Cl)cc1C(=O)c1ccccc1)S(C)(=O)=O. The van der Waals surface area contributed by atoms with Gasteiger partial charge in [-0.25, -0.2) is 8.42 Å². The third-order valence-electron chi connectivity index (χ3n) is 4.73. The molecule has 3 aromatic rings. The highest BCUT2D eigenvalue weighted by molar-refractivity contribution is 7.92. The van der Waals surface area contributed by atoms with Gasteiger partial charge in [-0.15, -0.1) is 0 Å². The molecule has 0 fully saturated rings. The molecule has 0 saturated carbocycles. The monoisotopic (exact) mass is 490 g/mol. The largest absolute Gasteiger partial charge is 0.324 e. The molecule has 32 heavy (non-hydrogen) atoms. The smallest absolute Gasteiger partial charge is 0.245 e. The molecule has 0 aliphatic heterocycles. The molecule has 0 heterocycles. The number of benzene rings is 3. The van der Waals surface area contributed by atoms with E-state index >= 15 is 0 Å². The number of rotatable bonds is 7. The van der Waals surface area contributed by atoms with Crippen molar-refractivity contribution in [3.63, 3.8) is 0 Å². The molecule has 3 aromatic carbocycles. The number of carbonyl (C=O) groups excluding carboxylic acids is 2. The standard InChI is InChI=1S/C23H20Cl2N2O4S/c1-15-19(25)9-6-10-21(15)27(32(2,30)31)14-22(28)26-20-12-11-17(24)13-18(20)23(29)16-7-4-3-5-8-16/h3-13H,14H2,1-2H3,(H,26,28). The highest BCUT2D eigenvalue weighted by Crippen LogP contribution is 2.29. The second kappa shape index (κ2) is 9.73. The zero-order valence-corrected chi connectivity index (χ0v) is 19.6. The lowest BCUT2D eigenvalue weighted by Crippen LogP contribution is -2.38. The second-order valence-electron chi connectivity index (χ2n) is 7.09. The Morgan fingerprint density at radius 2 is 1.66 bits per heavy atom. The Kier molecular flexibility index (Phi) is 7.23. The molecule has 0 unspecified atom stereocenters. The molecule has 9 heteroatoms. The van der Waals surface area contributed by atoms with Crippen molar-refractivity contribution in [2.45, 2.75) is 6.92 Å². The summed E-state index contributed by atoms with van der Waals surface area (Å²) in [4.78, 5) is 25.8. The summed E-state index contributed by atoms with van der Waals surface area (Å²) in [6.45, 7) is 1.17. The fraction of sp³-hybridized carbons (Fsp3) is 0.130. The quantitative estimate of drug-likeness (QED) is 0.475. The van der Waals surface area contributed by atoms with E-state index in [1.807, 2.05) is 0 Å². The molecule has 6 nitrogen and oxygen atoms in total. The van der Waals surface area contributed by atoms with E-state index in [-0.39, 0.29) is 17.0 Å². The Balaban J connectivity index is 1.91. The van der Waals surface area contributed by atoms with Crippen LogP contribution in [0.15, 0.2) is 66.7 Å². The summed E-state index contributed by atoms with van der Waals surface area (Å²) in [5, 5.41) is 3.35. The number of anilines is 2. The van der Waals surface area contributed by atoms with Crippen LogP contribution < -0.4 is 9.62 Å². The summed E-state index contributed by atoms with van der Waals surface area (Å²) in [5.41, 5.74) is 1.68. The van der Waals surface area contributed by atoms with Gasteiger partial charge in [0.2, 0.25) is 15.9 Å². The number of hydrogen-bond acceptors (Lipinski definition) is 4. The Labute approximate surface area is 196 Å². The molecule has 3 rings (SSSR count). The first kappa shape index (κ1) is 23.8. The average molecular weight is 491 g/mol. The van der Waals surface area contributed by atoms with E-state index in [9.17, 15) is 18.0 Å². The first-order valence-corrected chi connectivity index (χ1v) is 12.1. The molecule has 0 aliphatic rings. The van der Waals surface area contributed by atoms with E-state index in [2.05, 4.69) is 5.32 Å². The fourth-order valence-electron chi connectivity index (χ4n) is 3.13. The van der Waals surface area contributed by atoms with E-state index in [1.54, 1.807) is 55.5 Å². The number of carbonyl (C=O) groups is 2. The van der Waals surface area contributed by atoms with E-state index in [1.165, 1.54) is 18.2 Å². The highest BCUT2D eigenvalue weighted by atomic mass is 35.5. The van der Waals surface area contributed by atoms with Crippen LogP contribution in [0.25, 0.3) is 0 Å². The third kappa shape index (κ3) is 5.48. The van der Waals surface area contributed by atoms with Gasteiger partial charge in [0.25, 0.3) is 0 Å². The van der Waals surface area contributed by atoms with Crippen molar-refractivity contribution in [1.29, 1.82) is 0 Å². The van der Waals surface area contributed by atoms with Gasteiger partial charge < -0.3 is 5.32 Å². The van der Waals surface area contributed by atoms with Crippen molar-refractivity contribution in [2.75, 3.05) is 22.4 Å². The number of nitrogens with one attached hydrogen (secondary N) is 1. The van der Waals surface area contributed by atoms with Gasteiger partial charge in [0, 0.05) is 21.2 Å². The van der Waals surface area contributed by atoms with Crippen LogP contribution in [0.2, 0.25) is 10.0 Å². The molecule has 0 aromatic heterocycles. The molecule has 1 N–H and O–H groups in total. The number of halogens is 2. The molecule has 0 saturated heterocycles. The van der Waals surface area contributed by atoms with Crippen molar-refractivity contribution in [2.24, 2.45) is 0 Å². The van der Waals surface area contributed by atoms with E-state index in [0.717, 1.165) is 10.6 Å². The van der Waals surface area contributed by atoms with Crippen LogP contribution in [0.1, 0.15) is 21.5 Å². The molecule has 0 spiro atoms.